The molecule has 1 N–H and O–H groups in total. The van der Waals surface area contributed by atoms with Crippen LogP contribution in [0.3, 0.4) is 0 Å². The zero-order valence-corrected chi connectivity index (χ0v) is 26.8. The number of benzene rings is 2. The van der Waals surface area contributed by atoms with E-state index in [0.29, 0.717) is 5.56 Å². The number of carboxylic acids is 1. The van der Waals surface area contributed by atoms with Gasteiger partial charge in [-0.05, 0) is 56.2 Å². The number of pyridine rings is 2. The Hall–Kier alpha value is -4.68. The van der Waals surface area contributed by atoms with Crippen LogP contribution in [0.5, 0.6) is 0 Å². The first kappa shape index (κ1) is 37.8. The molecule has 2 heterocycles. The number of carboxylic acid groups (broad SMARTS) is 1. The van der Waals surface area contributed by atoms with Gasteiger partial charge in [0.05, 0.1) is 29.6 Å². The lowest BCUT2D eigenvalue weighted by Crippen LogP contribution is -2.19. The molecule has 2 unspecified atom stereocenters. The van der Waals surface area contributed by atoms with Crippen molar-refractivity contribution in [1.29, 1.82) is 0 Å². The highest BCUT2D eigenvalue weighted by molar-refractivity contribution is 6.31. The highest BCUT2D eigenvalue weighted by atomic mass is 35.5. The fraction of sp³-hybridized carbons (Fsp3) is 0.235. The molecule has 252 valence electrons. The molecular weight excluding hydrogens is 679 g/mol. The molecule has 0 aliphatic rings. The maximum Gasteiger partial charge on any atom is 0.305 e. The first-order valence-electron chi connectivity index (χ1n) is 14.4. The van der Waals surface area contributed by atoms with E-state index in [-0.39, 0.29) is 48.2 Å². The Labute approximate surface area is 282 Å². The number of carbonyl (C=O) groups is 4. The molecule has 8 nitrogen and oxygen atoms in total. The minimum absolute atomic E-state index is 0.00312. The minimum Gasteiger partial charge on any atom is -0.481 e. The van der Waals surface area contributed by atoms with Crippen LogP contribution in [0.2, 0.25) is 10.3 Å². The minimum atomic E-state index is -1.13. The van der Waals surface area contributed by atoms with E-state index in [1.165, 1.54) is 30.6 Å². The van der Waals surface area contributed by atoms with Crippen molar-refractivity contribution in [2.75, 3.05) is 6.61 Å². The summed E-state index contributed by atoms with van der Waals surface area (Å²) in [6.07, 6.45) is 2.24. The monoisotopic (exact) mass is 706 g/mol. The molecular formula is C34H28Cl2F4N2O6. The predicted octanol–water partition coefficient (Wildman–Crippen LogP) is 8.17. The Bertz CT molecular complexity index is 1750. The lowest BCUT2D eigenvalue weighted by atomic mass is 9.87. The quantitative estimate of drug-likeness (QED) is 0.0639. The van der Waals surface area contributed by atoms with E-state index < -0.39 is 69.7 Å². The molecule has 4 aromatic rings. The van der Waals surface area contributed by atoms with Crippen molar-refractivity contribution < 1.29 is 46.6 Å². The topological polar surface area (TPSA) is 124 Å². The number of aliphatic carboxylic acids is 1. The average Bonchev–Trinajstić information content (AvgIpc) is 3.03. The Morgan fingerprint density at radius 3 is 1.44 bits per heavy atom. The number of carbonyl (C=O) groups excluding carboxylic acids is 3. The molecule has 0 aliphatic heterocycles. The van der Waals surface area contributed by atoms with E-state index in [0.717, 1.165) is 30.3 Å². The third-order valence-electron chi connectivity index (χ3n) is 6.97. The van der Waals surface area contributed by atoms with Crippen LogP contribution >= 0.6 is 23.2 Å². The van der Waals surface area contributed by atoms with Gasteiger partial charge < -0.3 is 9.84 Å². The van der Waals surface area contributed by atoms with Crippen molar-refractivity contribution in [2.45, 2.75) is 44.4 Å². The SMILES string of the molecule is CCOC(=O)CCC(C(=O)c1c(F)cccc1F)c1cccnc1Cl.O=C(O)CCC(C(=O)c1c(F)cccc1F)c1cccnc1Cl. The van der Waals surface area contributed by atoms with Gasteiger partial charge in [-0.1, -0.05) is 47.5 Å². The molecule has 0 saturated heterocycles. The number of aromatic nitrogens is 2. The van der Waals surface area contributed by atoms with Gasteiger partial charge in [-0.2, -0.15) is 0 Å². The summed E-state index contributed by atoms with van der Waals surface area (Å²) < 4.78 is 60.5. The summed E-state index contributed by atoms with van der Waals surface area (Å²) >= 11 is 12.0. The number of hydrogen-bond acceptors (Lipinski definition) is 7. The molecule has 0 fully saturated rings. The van der Waals surface area contributed by atoms with E-state index in [4.69, 9.17) is 33.0 Å². The molecule has 0 bridgehead atoms. The Morgan fingerprint density at radius 1 is 0.688 bits per heavy atom. The van der Waals surface area contributed by atoms with Crippen LogP contribution in [0.4, 0.5) is 17.6 Å². The summed E-state index contributed by atoms with van der Waals surface area (Å²) in [6.45, 7) is 1.86. The number of rotatable bonds is 13. The van der Waals surface area contributed by atoms with Crippen molar-refractivity contribution in [2.24, 2.45) is 0 Å². The summed E-state index contributed by atoms with van der Waals surface area (Å²) in [5.74, 6) is -9.35. The number of nitrogens with zero attached hydrogens (tertiary/aromatic N) is 2. The Balaban J connectivity index is 0.000000261. The van der Waals surface area contributed by atoms with Crippen LogP contribution in [-0.2, 0) is 14.3 Å². The van der Waals surface area contributed by atoms with E-state index in [1.807, 2.05) is 0 Å². The lowest BCUT2D eigenvalue weighted by molar-refractivity contribution is -0.143. The summed E-state index contributed by atoms with van der Waals surface area (Å²) in [4.78, 5) is 55.5. The summed E-state index contributed by atoms with van der Waals surface area (Å²) in [7, 11) is 0. The fourth-order valence-corrected chi connectivity index (χ4v) is 5.25. The second kappa shape index (κ2) is 18.0. The molecule has 4 rings (SSSR count). The second-order valence-electron chi connectivity index (χ2n) is 10.1. The van der Waals surface area contributed by atoms with E-state index in [2.05, 4.69) is 9.97 Å². The number of hydrogen-bond donors (Lipinski definition) is 1. The molecule has 0 spiro atoms. The fourth-order valence-electron chi connectivity index (χ4n) is 4.75. The lowest BCUT2D eigenvalue weighted by Gasteiger charge is -2.17. The van der Waals surface area contributed by atoms with Gasteiger partial charge in [0.25, 0.3) is 0 Å². The van der Waals surface area contributed by atoms with Crippen LogP contribution in [0, 0.1) is 23.3 Å². The van der Waals surface area contributed by atoms with Gasteiger partial charge in [-0.25, -0.2) is 27.5 Å². The van der Waals surface area contributed by atoms with E-state index in [9.17, 15) is 36.7 Å². The Morgan fingerprint density at radius 2 is 1.08 bits per heavy atom. The highest BCUT2D eigenvalue weighted by Crippen LogP contribution is 2.33. The smallest absolute Gasteiger partial charge is 0.305 e. The van der Waals surface area contributed by atoms with E-state index >= 15 is 0 Å². The van der Waals surface area contributed by atoms with Gasteiger partial charge >= 0.3 is 11.9 Å². The molecule has 2 aromatic carbocycles. The standard InChI is InChI=1S/C18H16ClF2NO3.C16H12ClF2NO3/c1-2-25-15(23)9-8-11(12-5-4-10-22-18(12)19)17(24)16-13(20)6-3-7-14(16)21;17-16-10(3-2-8-20-16)9(6-7-13(21)22)15(23)14-11(18)4-1-5-12(14)19/h3-7,10-11H,2,8-9H2,1H3;1-5,8-9H,6-7H2,(H,21,22). The summed E-state index contributed by atoms with van der Waals surface area (Å²) in [5.41, 5.74) is -0.816. The Kier molecular flexibility index (Phi) is 14.2. The maximum absolute atomic E-state index is 14.0. The van der Waals surface area contributed by atoms with Gasteiger partial charge in [-0.15, -0.1) is 0 Å². The molecule has 0 aliphatic carbocycles. The van der Waals surface area contributed by atoms with Crippen molar-refractivity contribution in [1.82, 2.24) is 9.97 Å². The predicted molar refractivity (Wildman–Crippen MR) is 168 cm³/mol. The highest BCUT2D eigenvalue weighted by Gasteiger charge is 2.31. The van der Waals surface area contributed by atoms with Crippen LogP contribution < -0.4 is 0 Å². The normalized spacial score (nSPS) is 11.9. The van der Waals surface area contributed by atoms with Gasteiger partial charge in [0.2, 0.25) is 0 Å². The molecule has 0 saturated carbocycles. The summed E-state index contributed by atoms with van der Waals surface area (Å²) in [6, 6.07) is 12.4. The maximum atomic E-state index is 14.0. The van der Waals surface area contributed by atoms with Crippen LogP contribution in [0.15, 0.2) is 73.1 Å². The summed E-state index contributed by atoms with van der Waals surface area (Å²) in [5, 5.41) is 8.87. The van der Waals surface area contributed by atoms with Gasteiger partial charge in [0, 0.05) is 36.4 Å². The second-order valence-corrected chi connectivity index (χ2v) is 10.8. The molecule has 0 radical (unpaired) electrons. The molecule has 48 heavy (non-hydrogen) atoms. The van der Waals surface area contributed by atoms with E-state index in [1.54, 1.807) is 19.1 Å². The average molecular weight is 708 g/mol. The van der Waals surface area contributed by atoms with Gasteiger partial charge in [0.15, 0.2) is 11.6 Å². The zero-order valence-electron chi connectivity index (χ0n) is 25.3. The van der Waals surface area contributed by atoms with Crippen molar-refractivity contribution >= 4 is 46.7 Å². The van der Waals surface area contributed by atoms with Gasteiger partial charge in [0.1, 0.15) is 33.6 Å². The van der Waals surface area contributed by atoms with Crippen LogP contribution in [0.1, 0.15) is 76.3 Å². The van der Waals surface area contributed by atoms with Gasteiger partial charge in [-0.3, -0.25) is 19.2 Å². The number of Topliss-reactive ketones (excluding diaryl/α,β-unsaturated/α-hetero) is 2. The van der Waals surface area contributed by atoms with Crippen molar-refractivity contribution in [3.8, 4) is 0 Å². The molecule has 14 heteroatoms. The third-order valence-corrected chi connectivity index (χ3v) is 7.60. The number of ketones is 2. The number of ether oxygens (including phenoxy) is 1. The molecule has 0 amide bonds. The van der Waals surface area contributed by atoms with Crippen molar-refractivity contribution in [3.63, 3.8) is 0 Å². The van der Waals surface area contributed by atoms with Crippen molar-refractivity contribution in [3.05, 3.63) is 129 Å². The molecule has 2 aromatic heterocycles. The number of halogens is 6. The molecule has 2 atom stereocenters. The van der Waals surface area contributed by atoms with Crippen LogP contribution in [-0.4, -0.2) is 45.2 Å². The largest absolute Gasteiger partial charge is 0.481 e. The first-order chi connectivity index (χ1) is 22.9. The third kappa shape index (κ3) is 9.91. The van der Waals surface area contributed by atoms with Crippen LogP contribution in [0.25, 0.3) is 0 Å². The number of esters is 1. The first-order valence-corrected chi connectivity index (χ1v) is 15.2. The zero-order chi connectivity index (χ0) is 35.4.